The molecule has 0 bridgehead atoms. The average molecular weight is 343 g/mol. The lowest BCUT2D eigenvalue weighted by Gasteiger charge is -2.14. The molecule has 0 aromatic carbocycles. The first kappa shape index (κ1) is 17.3. The summed E-state index contributed by atoms with van der Waals surface area (Å²) >= 11 is 0. The van der Waals surface area contributed by atoms with Gasteiger partial charge in [0.25, 0.3) is 0 Å². The molecular weight excluding hydrogens is 318 g/mol. The van der Waals surface area contributed by atoms with Gasteiger partial charge in [0.05, 0.1) is 11.9 Å². The molecule has 1 fully saturated rings. The Morgan fingerprint density at radius 2 is 2.16 bits per heavy atom. The Kier molecular flexibility index (Phi) is 5.21. The third-order valence-electron chi connectivity index (χ3n) is 4.25. The molecule has 1 aliphatic rings. The minimum atomic E-state index is -0.334. The number of nitrogens with one attached hydrogen (secondary N) is 3. The molecule has 7 nitrogen and oxygen atoms in total. The second-order valence-electron chi connectivity index (χ2n) is 6.92. The van der Waals surface area contributed by atoms with Gasteiger partial charge in [-0.2, -0.15) is 5.10 Å². The predicted octanol–water partition coefficient (Wildman–Crippen LogP) is 3.63. The SMILES string of the molecule is Cc1cncc(Nc2cc([C@H]3CCC(OC(=O)NC(C)C)C3)[nH]n2)c1. The van der Waals surface area contributed by atoms with Crippen LogP contribution in [0.15, 0.2) is 24.5 Å². The minimum Gasteiger partial charge on any atom is -0.446 e. The van der Waals surface area contributed by atoms with E-state index in [1.54, 1.807) is 6.20 Å². The van der Waals surface area contributed by atoms with Crippen LogP contribution in [-0.2, 0) is 4.74 Å². The van der Waals surface area contributed by atoms with Crippen molar-refractivity contribution in [3.63, 3.8) is 0 Å². The van der Waals surface area contributed by atoms with Crippen LogP contribution in [-0.4, -0.2) is 33.4 Å². The van der Waals surface area contributed by atoms with Gasteiger partial charge in [-0.15, -0.1) is 0 Å². The number of carbonyl (C=O) groups is 1. The van der Waals surface area contributed by atoms with E-state index >= 15 is 0 Å². The molecule has 0 radical (unpaired) electrons. The zero-order chi connectivity index (χ0) is 17.8. The fourth-order valence-corrected chi connectivity index (χ4v) is 3.13. The molecule has 25 heavy (non-hydrogen) atoms. The van der Waals surface area contributed by atoms with Gasteiger partial charge in [0, 0.05) is 29.9 Å². The van der Waals surface area contributed by atoms with Crippen LogP contribution in [0, 0.1) is 6.92 Å². The normalized spacial score (nSPS) is 19.8. The third-order valence-corrected chi connectivity index (χ3v) is 4.25. The molecule has 3 N–H and O–H groups in total. The number of pyridine rings is 1. The van der Waals surface area contributed by atoms with Crippen LogP contribution in [0.5, 0.6) is 0 Å². The van der Waals surface area contributed by atoms with Crippen molar-refractivity contribution < 1.29 is 9.53 Å². The van der Waals surface area contributed by atoms with Gasteiger partial charge in [-0.1, -0.05) is 0 Å². The molecule has 1 aliphatic carbocycles. The molecule has 1 saturated carbocycles. The number of hydrogen-bond donors (Lipinski definition) is 3. The van der Waals surface area contributed by atoms with E-state index in [0.717, 1.165) is 42.0 Å². The number of aryl methyl sites for hydroxylation is 1. The number of ether oxygens (including phenoxy) is 1. The molecule has 0 saturated heterocycles. The summed E-state index contributed by atoms with van der Waals surface area (Å²) in [6, 6.07) is 4.12. The maximum absolute atomic E-state index is 11.7. The van der Waals surface area contributed by atoms with Crippen molar-refractivity contribution in [3.8, 4) is 0 Å². The van der Waals surface area contributed by atoms with E-state index in [0.29, 0.717) is 5.92 Å². The Hall–Kier alpha value is -2.57. The molecule has 2 atom stereocenters. The summed E-state index contributed by atoms with van der Waals surface area (Å²) in [4.78, 5) is 15.9. The number of anilines is 2. The lowest BCUT2D eigenvalue weighted by molar-refractivity contribution is 0.0981. The van der Waals surface area contributed by atoms with Gasteiger partial charge in [-0.3, -0.25) is 10.1 Å². The van der Waals surface area contributed by atoms with Crippen LogP contribution < -0.4 is 10.6 Å². The maximum Gasteiger partial charge on any atom is 0.407 e. The van der Waals surface area contributed by atoms with E-state index in [2.05, 4.69) is 25.8 Å². The number of aromatic amines is 1. The number of carbonyl (C=O) groups excluding carboxylic acids is 1. The number of hydrogen-bond acceptors (Lipinski definition) is 5. The summed E-state index contributed by atoms with van der Waals surface area (Å²) in [5, 5.41) is 13.4. The van der Waals surface area contributed by atoms with Crippen LogP contribution in [0.25, 0.3) is 0 Å². The molecule has 134 valence electrons. The number of aromatic nitrogens is 3. The number of nitrogens with zero attached hydrogens (tertiary/aromatic N) is 2. The molecule has 2 aromatic heterocycles. The number of alkyl carbamates (subject to hydrolysis) is 1. The van der Waals surface area contributed by atoms with Gasteiger partial charge in [-0.05, 0) is 51.7 Å². The van der Waals surface area contributed by atoms with Crippen molar-refractivity contribution in [2.24, 2.45) is 0 Å². The van der Waals surface area contributed by atoms with Gasteiger partial charge in [-0.25, -0.2) is 4.79 Å². The van der Waals surface area contributed by atoms with Gasteiger partial charge in [0.15, 0.2) is 5.82 Å². The minimum absolute atomic E-state index is 0.0376. The number of amides is 1. The number of H-pyrrole nitrogens is 1. The summed E-state index contributed by atoms with van der Waals surface area (Å²) in [6.45, 7) is 5.84. The Balaban J connectivity index is 1.55. The van der Waals surface area contributed by atoms with Crippen LogP contribution in [0.2, 0.25) is 0 Å². The molecule has 7 heteroatoms. The maximum atomic E-state index is 11.7. The van der Waals surface area contributed by atoms with E-state index in [9.17, 15) is 4.79 Å². The molecular formula is C18H25N5O2. The summed E-state index contributed by atoms with van der Waals surface area (Å²) in [6.07, 6.45) is 5.89. The van der Waals surface area contributed by atoms with Gasteiger partial charge in [0.2, 0.25) is 0 Å². The van der Waals surface area contributed by atoms with Crippen molar-refractivity contribution in [2.45, 2.75) is 58.1 Å². The predicted molar refractivity (Wildman–Crippen MR) is 96.0 cm³/mol. The van der Waals surface area contributed by atoms with E-state index in [1.165, 1.54) is 0 Å². The summed E-state index contributed by atoms with van der Waals surface area (Å²) in [7, 11) is 0. The van der Waals surface area contributed by atoms with Gasteiger partial charge < -0.3 is 15.4 Å². The highest BCUT2D eigenvalue weighted by Crippen LogP contribution is 2.36. The Labute approximate surface area is 147 Å². The topological polar surface area (TPSA) is 91.9 Å². The Bertz CT molecular complexity index is 728. The molecule has 2 aromatic rings. The second kappa shape index (κ2) is 7.55. The first-order chi connectivity index (χ1) is 12.0. The Morgan fingerprint density at radius 1 is 1.32 bits per heavy atom. The van der Waals surface area contributed by atoms with Crippen molar-refractivity contribution >= 4 is 17.6 Å². The smallest absolute Gasteiger partial charge is 0.407 e. The van der Waals surface area contributed by atoms with Crippen molar-refractivity contribution in [1.29, 1.82) is 0 Å². The molecule has 2 heterocycles. The highest BCUT2D eigenvalue weighted by atomic mass is 16.6. The summed E-state index contributed by atoms with van der Waals surface area (Å²) < 4.78 is 5.48. The monoisotopic (exact) mass is 343 g/mol. The van der Waals surface area contributed by atoms with Crippen molar-refractivity contribution in [3.05, 3.63) is 35.8 Å². The molecule has 1 amide bonds. The lowest BCUT2D eigenvalue weighted by atomic mass is 10.0. The highest BCUT2D eigenvalue weighted by Gasteiger charge is 2.30. The fourth-order valence-electron chi connectivity index (χ4n) is 3.13. The summed E-state index contributed by atoms with van der Waals surface area (Å²) in [5.74, 6) is 1.10. The Morgan fingerprint density at radius 3 is 2.92 bits per heavy atom. The second-order valence-corrected chi connectivity index (χ2v) is 6.92. The van der Waals surface area contributed by atoms with Crippen LogP contribution >= 0.6 is 0 Å². The molecule has 1 unspecified atom stereocenters. The van der Waals surface area contributed by atoms with Gasteiger partial charge >= 0.3 is 6.09 Å². The fraction of sp³-hybridized carbons (Fsp3) is 0.500. The number of rotatable bonds is 5. The zero-order valence-corrected chi connectivity index (χ0v) is 14.9. The largest absolute Gasteiger partial charge is 0.446 e. The first-order valence-corrected chi connectivity index (χ1v) is 8.70. The van der Waals surface area contributed by atoms with E-state index < -0.39 is 0 Å². The molecule has 0 aliphatic heterocycles. The van der Waals surface area contributed by atoms with Crippen molar-refractivity contribution in [1.82, 2.24) is 20.5 Å². The standard InChI is InChI=1S/C18H25N5O2/c1-11(2)20-18(24)25-15-5-4-13(7-15)16-8-17(23-22-16)21-14-6-12(3)9-19-10-14/h6,8-11,13,15H,4-5,7H2,1-3H3,(H,20,24)(H2,21,22,23)/t13-,15?/m0/s1. The van der Waals surface area contributed by atoms with E-state index in [1.807, 2.05) is 39.1 Å². The lowest BCUT2D eigenvalue weighted by Crippen LogP contribution is -2.33. The quantitative estimate of drug-likeness (QED) is 0.771. The molecule has 3 rings (SSSR count). The van der Waals surface area contributed by atoms with Crippen LogP contribution in [0.1, 0.15) is 50.3 Å². The van der Waals surface area contributed by atoms with E-state index in [-0.39, 0.29) is 18.2 Å². The molecule has 0 spiro atoms. The van der Waals surface area contributed by atoms with Crippen LogP contribution in [0.4, 0.5) is 16.3 Å². The van der Waals surface area contributed by atoms with Gasteiger partial charge in [0.1, 0.15) is 6.10 Å². The van der Waals surface area contributed by atoms with E-state index in [4.69, 9.17) is 4.74 Å². The highest BCUT2D eigenvalue weighted by molar-refractivity contribution is 5.67. The first-order valence-electron chi connectivity index (χ1n) is 8.70. The zero-order valence-electron chi connectivity index (χ0n) is 14.9. The summed E-state index contributed by atoms with van der Waals surface area (Å²) in [5.41, 5.74) is 3.07. The van der Waals surface area contributed by atoms with Crippen molar-refractivity contribution in [2.75, 3.05) is 5.32 Å². The average Bonchev–Trinajstić information content (AvgIpc) is 3.15. The third kappa shape index (κ3) is 4.71. The van der Waals surface area contributed by atoms with Crippen LogP contribution in [0.3, 0.4) is 0 Å².